The molecule has 1 aliphatic rings. The fourth-order valence-electron chi connectivity index (χ4n) is 2.83. The van der Waals surface area contributed by atoms with Crippen molar-refractivity contribution in [2.45, 2.75) is 6.92 Å². The van der Waals surface area contributed by atoms with Crippen LogP contribution in [0.3, 0.4) is 0 Å². The van der Waals surface area contributed by atoms with Gasteiger partial charge >= 0.3 is 0 Å². The van der Waals surface area contributed by atoms with Crippen molar-refractivity contribution in [3.05, 3.63) is 54.3 Å². The van der Waals surface area contributed by atoms with Gasteiger partial charge in [-0.15, -0.1) is 0 Å². The number of carbonyl (C=O) groups excluding carboxylic acids is 1. The smallest absolute Gasteiger partial charge is 0.221 e. The first-order valence-electron chi connectivity index (χ1n) is 7.75. The quantitative estimate of drug-likeness (QED) is 0.946. The molecule has 0 spiro atoms. The topological polar surface area (TPSA) is 35.6 Å². The molecule has 1 amide bonds. The molecule has 0 atom stereocenters. The van der Waals surface area contributed by atoms with Gasteiger partial charge in [0.15, 0.2) is 0 Å². The second-order valence-corrected chi connectivity index (χ2v) is 5.68. The molecule has 2 aromatic carbocycles. The second kappa shape index (κ2) is 6.69. The highest BCUT2D eigenvalue weighted by Crippen LogP contribution is 2.22. The van der Waals surface area contributed by atoms with E-state index in [2.05, 4.69) is 15.1 Å². The van der Waals surface area contributed by atoms with E-state index in [1.54, 1.807) is 0 Å². The summed E-state index contributed by atoms with van der Waals surface area (Å²) in [6.07, 6.45) is 0. The molecule has 0 aromatic heterocycles. The molecule has 0 bridgehead atoms. The number of carbonyl (C=O) groups is 1. The monoisotopic (exact) mass is 313 g/mol. The summed E-state index contributed by atoms with van der Waals surface area (Å²) in [6.45, 7) is 5.13. The van der Waals surface area contributed by atoms with E-state index in [0.717, 1.165) is 43.2 Å². The highest BCUT2D eigenvalue weighted by molar-refractivity contribution is 5.88. The molecule has 3 rings (SSSR count). The van der Waals surface area contributed by atoms with Gasteiger partial charge < -0.3 is 15.1 Å². The molecule has 1 heterocycles. The number of anilines is 3. The van der Waals surface area contributed by atoms with Crippen LogP contribution in [0.5, 0.6) is 0 Å². The molecule has 5 heteroatoms. The van der Waals surface area contributed by atoms with Crippen LogP contribution >= 0.6 is 0 Å². The number of hydrogen-bond acceptors (Lipinski definition) is 3. The fraction of sp³-hybridized carbons (Fsp3) is 0.278. The normalized spacial score (nSPS) is 14.7. The molecular formula is C18H20FN3O. The van der Waals surface area contributed by atoms with Crippen LogP contribution in [0.25, 0.3) is 0 Å². The van der Waals surface area contributed by atoms with E-state index in [-0.39, 0.29) is 11.7 Å². The standard InChI is InChI=1S/C18H20FN3O/c1-14(23)20-16-4-8-18(9-5-16)22-12-10-21(11-13-22)17-6-2-15(19)3-7-17/h2-9H,10-13H2,1H3,(H,20,23). The minimum absolute atomic E-state index is 0.0642. The van der Waals surface area contributed by atoms with Crippen LogP contribution in [0.4, 0.5) is 21.5 Å². The number of rotatable bonds is 3. The summed E-state index contributed by atoms with van der Waals surface area (Å²) in [6, 6.07) is 14.6. The second-order valence-electron chi connectivity index (χ2n) is 5.68. The van der Waals surface area contributed by atoms with Gasteiger partial charge in [-0.2, -0.15) is 0 Å². The maximum absolute atomic E-state index is 13.0. The number of halogens is 1. The van der Waals surface area contributed by atoms with Crippen LogP contribution < -0.4 is 15.1 Å². The highest BCUT2D eigenvalue weighted by atomic mass is 19.1. The molecule has 1 saturated heterocycles. The van der Waals surface area contributed by atoms with E-state index in [1.807, 2.05) is 36.4 Å². The maximum Gasteiger partial charge on any atom is 0.221 e. The van der Waals surface area contributed by atoms with Crippen molar-refractivity contribution >= 4 is 23.0 Å². The van der Waals surface area contributed by atoms with Gasteiger partial charge in [0, 0.05) is 50.2 Å². The van der Waals surface area contributed by atoms with E-state index in [4.69, 9.17) is 0 Å². The van der Waals surface area contributed by atoms with Crippen molar-refractivity contribution in [2.24, 2.45) is 0 Å². The molecule has 120 valence electrons. The Balaban J connectivity index is 1.60. The summed E-state index contributed by atoms with van der Waals surface area (Å²) >= 11 is 0. The van der Waals surface area contributed by atoms with Crippen molar-refractivity contribution < 1.29 is 9.18 Å². The average Bonchev–Trinajstić information content (AvgIpc) is 2.56. The molecular weight excluding hydrogens is 293 g/mol. The fourth-order valence-corrected chi connectivity index (χ4v) is 2.83. The van der Waals surface area contributed by atoms with Crippen molar-refractivity contribution in [1.29, 1.82) is 0 Å². The summed E-state index contributed by atoms with van der Waals surface area (Å²) in [5.41, 5.74) is 3.02. The Bertz CT molecular complexity index is 662. The van der Waals surface area contributed by atoms with Crippen LogP contribution in [0.2, 0.25) is 0 Å². The molecule has 2 aromatic rings. The third-order valence-corrected chi connectivity index (χ3v) is 4.02. The lowest BCUT2D eigenvalue weighted by Crippen LogP contribution is -2.46. The predicted molar refractivity (Wildman–Crippen MR) is 91.6 cm³/mol. The average molecular weight is 313 g/mol. The van der Waals surface area contributed by atoms with Crippen molar-refractivity contribution in [3.63, 3.8) is 0 Å². The van der Waals surface area contributed by atoms with Gasteiger partial charge in [0.2, 0.25) is 5.91 Å². The Morgan fingerprint density at radius 3 is 1.74 bits per heavy atom. The predicted octanol–water partition coefficient (Wildman–Crippen LogP) is 3.11. The Morgan fingerprint density at radius 2 is 1.30 bits per heavy atom. The van der Waals surface area contributed by atoms with Crippen LogP contribution in [0, 0.1) is 5.82 Å². The third kappa shape index (κ3) is 3.80. The van der Waals surface area contributed by atoms with Crippen molar-refractivity contribution in [3.8, 4) is 0 Å². The highest BCUT2D eigenvalue weighted by Gasteiger charge is 2.17. The molecule has 1 aliphatic heterocycles. The molecule has 4 nitrogen and oxygen atoms in total. The van der Waals surface area contributed by atoms with E-state index >= 15 is 0 Å². The number of nitrogens with one attached hydrogen (secondary N) is 1. The van der Waals surface area contributed by atoms with Crippen molar-refractivity contribution in [2.75, 3.05) is 41.3 Å². The lowest BCUT2D eigenvalue weighted by atomic mass is 10.2. The van der Waals surface area contributed by atoms with Crippen molar-refractivity contribution in [1.82, 2.24) is 0 Å². The van der Waals surface area contributed by atoms with Gasteiger partial charge in [0.25, 0.3) is 0 Å². The van der Waals surface area contributed by atoms with E-state index in [0.29, 0.717) is 0 Å². The zero-order valence-corrected chi connectivity index (χ0v) is 13.1. The summed E-state index contributed by atoms with van der Waals surface area (Å²) in [5, 5.41) is 2.77. The SMILES string of the molecule is CC(=O)Nc1ccc(N2CCN(c3ccc(F)cc3)CC2)cc1. The summed E-state index contributed by atoms with van der Waals surface area (Å²) < 4.78 is 13.0. The minimum atomic E-state index is -0.202. The Morgan fingerprint density at radius 1 is 0.870 bits per heavy atom. The largest absolute Gasteiger partial charge is 0.368 e. The zero-order chi connectivity index (χ0) is 16.2. The molecule has 23 heavy (non-hydrogen) atoms. The number of benzene rings is 2. The molecule has 1 fully saturated rings. The first-order chi connectivity index (χ1) is 11.1. The van der Waals surface area contributed by atoms with Gasteiger partial charge in [-0.25, -0.2) is 4.39 Å². The Kier molecular flexibility index (Phi) is 4.46. The van der Waals surface area contributed by atoms with Crippen LogP contribution in [-0.4, -0.2) is 32.1 Å². The third-order valence-electron chi connectivity index (χ3n) is 4.02. The van der Waals surface area contributed by atoms with Crippen LogP contribution in [0.15, 0.2) is 48.5 Å². The van der Waals surface area contributed by atoms with Gasteiger partial charge in [-0.1, -0.05) is 0 Å². The van der Waals surface area contributed by atoms with Crippen LogP contribution in [-0.2, 0) is 4.79 Å². The Labute approximate surface area is 135 Å². The van der Waals surface area contributed by atoms with E-state index in [9.17, 15) is 9.18 Å². The van der Waals surface area contributed by atoms with Gasteiger partial charge in [-0.05, 0) is 48.5 Å². The molecule has 0 radical (unpaired) electrons. The first kappa shape index (κ1) is 15.3. The van der Waals surface area contributed by atoms with Gasteiger partial charge in [-0.3, -0.25) is 4.79 Å². The molecule has 0 unspecified atom stereocenters. The maximum atomic E-state index is 13.0. The lowest BCUT2D eigenvalue weighted by Gasteiger charge is -2.37. The molecule has 1 N–H and O–H groups in total. The molecule has 0 aliphatic carbocycles. The van der Waals surface area contributed by atoms with Crippen LogP contribution in [0.1, 0.15) is 6.92 Å². The number of hydrogen-bond donors (Lipinski definition) is 1. The summed E-state index contributed by atoms with van der Waals surface area (Å²) in [4.78, 5) is 15.6. The van der Waals surface area contributed by atoms with E-state index < -0.39 is 0 Å². The summed E-state index contributed by atoms with van der Waals surface area (Å²) in [7, 11) is 0. The number of piperazine rings is 1. The van der Waals surface area contributed by atoms with Gasteiger partial charge in [0.1, 0.15) is 5.82 Å². The number of nitrogens with zero attached hydrogens (tertiary/aromatic N) is 2. The van der Waals surface area contributed by atoms with Gasteiger partial charge in [0.05, 0.1) is 0 Å². The van der Waals surface area contributed by atoms with E-state index in [1.165, 1.54) is 19.1 Å². The lowest BCUT2D eigenvalue weighted by molar-refractivity contribution is -0.114. The zero-order valence-electron chi connectivity index (χ0n) is 13.1. The number of amides is 1. The molecule has 0 saturated carbocycles. The minimum Gasteiger partial charge on any atom is -0.368 e. The Hall–Kier alpha value is -2.56. The first-order valence-corrected chi connectivity index (χ1v) is 7.75. The summed E-state index contributed by atoms with van der Waals surface area (Å²) in [5.74, 6) is -0.266.